The van der Waals surface area contributed by atoms with Crippen molar-refractivity contribution < 1.29 is 4.42 Å². The highest BCUT2D eigenvalue weighted by Crippen LogP contribution is 2.63. The summed E-state index contributed by atoms with van der Waals surface area (Å²) in [4.78, 5) is 2.46. The van der Waals surface area contributed by atoms with Gasteiger partial charge in [-0.2, -0.15) is 0 Å². The zero-order chi connectivity index (χ0) is 45.9. The van der Waals surface area contributed by atoms with Crippen molar-refractivity contribution >= 4 is 60.8 Å². The third kappa shape index (κ3) is 5.40. The highest BCUT2D eigenvalue weighted by Gasteiger charge is 2.51. The maximum Gasteiger partial charge on any atom is 0.145 e. The second-order valence-electron chi connectivity index (χ2n) is 18.7. The van der Waals surface area contributed by atoms with E-state index >= 15 is 0 Å². The predicted octanol–water partition coefficient (Wildman–Crippen LogP) is 17.8. The molecule has 15 rings (SSSR count). The van der Waals surface area contributed by atoms with Crippen molar-refractivity contribution in [1.29, 1.82) is 0 Å². The van der Waals surface area contributed by atoms with Gasteiger partial charge >= 0.3 is 0 Å². The normalized spacial score (nSPS) is 13.0. The minimum atomic E-state index is -0.486. The molecular weight excluding hydrogens is 849 g/mol. The molecule has 0 fully saturated rings. The van der Waals surface area contributed by atoms with Gasteiger partial charge in [0.1, 0.15) is 11.2 Å². The van der Waals surface area contributed by atoms with E-state index in [0.29, 0.717) is 0 Å². The number of nitrogens with zero attached hydrogens (tertiary/aromatic N) is 2. The van der Waals surface area contributed by atoms with E-state index in [-0.39, 0.29) is 0 Å². The van der Waals surface area contributed by atoms with Gasteiger partial charge in [0.15, 0.2) is 0 Å². The molecule has 0 aliphatic heterocycles. The van der Waals surface area contributed by atoms with Gasteiger partial charge in [0, 0.05) is 38.8 Å². The molecule has 0 radical (unpaired) electrons. The molecule has 70 heavy (non-hydrogen) atoms. The van der Waals surface area contributed by atoms with E-state index in [0.717, 1.165) is 66.9 Å². The monoisotopic (exact) mass is 890 g/mol. The summed E-state index contributed by atoms with van der Waals surface area (Å²) in [5.41, 5.74) is 22.9. The van der Waals surface area contributed by atoms with Crippen LogP contribution >= 0.6 is 0 Å². The maximum atomic E-state index is 6.92. The van der Waals surface area contributed by atoms with Crippen LogP contribution < -0.4 is 4.90 Å². The lowest BCUT2D eigenvalue weighted by Gasteiger charge is -2.32. The van der Waals surface area contributed by atoms with Crippen LogP contribution in [0.1, 0.15) is 22.3 Å². The van der Waals surface area contributed by atoms with Crippen LogP contribution in [0, 0.1) is 0 Å². The third-order valence-electron chi connectivity index (χ3n) is 15.2. The van der Waals surface area contributed by atoms with E-state index in [1.165, 1.54) is 66.3 Å². The van der Waals surface area contributed by atoms with Crippen molar-refractivity contribution in [2.45, 2.75) is 5.41 Å². The number of hydrogen-bond acceptors (Lipinski definition) is 2. The molecule has 1 spiro atoms. The van der Waals surface area contributed by atoms with Gasteiger partial charge in [-0.25, -0.2) is 0 Å². The van der Waals surface area contributed by atoms with E-state index in [2.05, 4.69) is 264 Å². The number of fused-ring (bicyclic) bond motifs is 16. The first-order chi connectivity index (χ1) is 34.7. The molecule has 2 heterocycles. The first-order valence-electron chi connectivity index (χ1n) is 24.2. The first-order valence-corrected chi connectivity index (χ1v) is 24.2. The molecular formula is C67H42N2O. The summed E-state index contributed by atoms with van der Waals surface area (Å²) in [6.07, 6.45) is 0. The Morgan fingerprint density at radius 3 is 1.60 bits per heavy atom. The van der Waals surface area contributed by atoms with Gasteiger partial charge in [-0.1, -0.05) is 188 Å². The van der Waals surface area contributed by atoms with Gasteiger partial charge < -0.3 is 13.9 Å². The fourth-order valence-corrected chi connectivity index (χ4v) is 12.3. The van der Waals surface area contributed by atoms with E-state index in [9.17, 15) is 0 Å². The van der Waals surface area contributed by atoms with Gasteiger partial charge in [-0.05, 0) is 128 Å². The lowest BCUT2D eigenvalue weighted by molar-refractivity contribution is 0.670. The van der Waals surface area contributed by atoms with Crippen LogP contribution in [0.3, 0.4) is 0 Å². The van der Waals surface area contributed by atoms with Crippen LogP contribution in [-0.2, 0) is 5.41 Å². The summed E-state index contributed by atoms with van der Waals surface area (Å²) in [6.45, 7) is 0. The summed E-state index contributed by atoms with van der Waals surface area (Å²) in [6, 6.07) is 93.4. The molecule has 0 atom stereocenters. The number of rotatable bonds is 6. The second kappa shape index (κ2) is 14.9. The van der Waals surface area contributed by atoms with E-state index < -0.39 is 5.41 Å². The van der Waals surface area contributed by atoms with E-state index in [1.54, 1.807) is 0 Å². The Kier molecular flexibility index (Phi) is 8.28. The Labute approximate surface area is 405 Å². The summed E-state index contributed by atoms with van der Waals surface area (Å²) >= 11 is 0. The SMILES string of the molecule is c1ccc(-c2ccc(N(c3ccc(-c4ccc5c6ccccc6n(-c6ccccc6)c5c4)cc3)c3ccc4c(c3)C3(c5ccccc5-c5ccccc53)c3ccccc3-4)c3c2oc2ccccc23)cc1. The van der Waals surface area contributed by atoms with Crippen LogP contribution in [0.4, 0.5) is 17.1 Å². The van der Waals surface area contributed by atoms with Crippen LogP contribution in [0.15, 0.2) is 259 Å². The maximum absolute atomic E-state index is 6.92. The predicted molar refractivity (Wildman–Crippen MR) is 290 cm³/mol. The molecule has 0 saturated carbocycles. The molecule has 3 nitrogen and oxygen atoms in total. The van der Waals surface area contributed by atoms with E-state index in [1.807, 2.05) is 0 Å². The number of hydrogen-bond donors (Lipinski definition) is 0. The van der Waals surface area contributed by atoms with E-state index in [4.69, 9.17) is 4.42 Å². The topological polar surface area (TPSA) is 21.3 Å². The third-order valence-corrected chi connectivity index (χ3v) is 15.2. The molecule has 2 aromatic heterocycles. The second-order valence-corrected chi connectivity index (χ2v) is 18.7. The van der Waals surface area contributed by atoms with Crippen LogP contribution in [-0.4, -0.2) is 4.57 Å². The Hall–Kier alpha value is -9.18. The smallest absolute Gasteiger partial charge is 0.145 e. The number of benzene rings is 11. The molecule has 326 valence electrons. The fourth-order valence-electron chi connectivity index (χ4n) is 12.3. The van der Waals surface area contributed by atoms with Gasteiger partial charge in [-0.3, -0.25) is 0 Å². The molecule has 0 amide bonds. The summed E-state index contributed by atoms with van der Waals surface area (Å²) < 4.78 is 9.31. The average Bonchev–Trinajstić information content (AvgIpc) is 4.16. The number of para-hydroxylation sites is 3. The number of furan rings is 1. The lowest BCUT2D eigenvalue weighted by atomic mass is 9.70. The van der Waals surface area contributed by atoms with Crippen molar-refractivity contribution in [3.63, 3.8) is 0 Å². The van der Waals surface area contributed by atoms with Crippen molar-refractivity contribution in [3.8, 4) is 50.2 Å². The zero-order valence-electron chi connectivity index (χ0n) is 38.1. The van der Waals surface area contributed by atoms with Crippen molar-refractivity contribution in [2.24, 2.45) is 0 Å². The van der Waals surface area contributed by atoms with Gasteiger partial charge in [0.05, 0.1) is 27.5 Å². The van der Waals surface area contributed by atoms with Gasteiger partial charge in [0.2, 0.25) is 0 Å². The fraction of sp³-hybridized carbons (Fsp3) is 0.0149. The molecule has 2 aliphatic carbocycles. The summed E-state index contributed by atoms with van der Waals surface area (Å²) in [5, 5.41) is 4.65. The van der Waals surface area contributed by atoms with Crippen molar-refractivity contribution in [3.05, 3.63) is 277 Å². The Morgan fingerprint density at radius 1 is 0.343 bits per heavy atom. The van der Waals surface area contributed by atoms with Crippen LogP contribution in [0.2, 0.25) is 0 Å². The molecule has 11 aromatic carbocycles. The quantitative estimate of drug-likeness (QED) is 0.166. The molecule has 0 bridgehead atoms. The molecule has 2 aliphatic rings. The Morgan fingerprint density at radius 2 is 0.886 bits per heavy atom. The highest BCUT2D eigenvalue weighted by molar-refractivity contribution is 6.17. The van der Waals surface area contributed by atoms with Gasteiger partial charge in [0.25, 0.3) is 0 Å². The molecule has 13 aromatic rings. The average molecular weight is 891 g/mol. The largest absolute Gasteiger partial charge is 0.455 e. The lowest BCUT2D eigenvalue weighted by Crippen LogP contribution is -2.26. The number of anilines is 3. The summed E-state index contributed by atoms with van der Waals surface area (Å²) in [5.74, 6) is 0. The summed E-state index contributed by atoms with van der Waals surface area (Å²) in [7, 11) is 0. The zero-order valence-corrected chi connectivity index (χ0v) is 38.1. The minimum absolute atomic E-state index is 0.486. The molecule has 3 heteroatoms. The highest BCUT2D eigenvalue weighted by atomic mass is 16.3. The Balaban J connectivity index is 0.964. The standard InChI is InChI=1S/C67H42N2O/c1-3-17-44(18-4-1)49-39-40-62(65-56-25-11-16-30-64(56)70-66(49)65)68(47-34-31-43(32-35-47)45-33-37-55-54-24-10-15-29-61(54)69(63(55)41-45)46-19-5-2-6-20-46)48-36-38-53-52-23-9-14-28-59(52)67(60(53)42-48)57-26-12-7-21-50(57)51-22-8-13-27-58(51)67/h1-42H. The molecule has 0 unspecified atom stereocenters. The Bertz CT molecular complexity index is 4170. The van der Waals surface area contributed by atoms with Crippen LogP contribution in [0.5, 0.6) is 0 Å². The minimum Gasteiger partial charge on any atom is -0.455 e. The van der Waals surface area contributed by atoms with Crippen molar-refractivity contribution in [1.82, 2.24) is 4.57 Å². The first kappa shape index (κ1) is 38.9. The molecule has 0 N–H and O–H groups in total. The van der Waals surface area contributed by atoms with Gasteiger partial charge in [-0.15, -0.1) is 0 Å². The number of aromatic nitrogens is 1. The van der Waals surface area contributed by atoms with Crippen LogP contribution in [0.25, 0.3) is 93.9 Å². The molecule has 0 saturated heterocycles. The van der Waals surface area contributed by atoms with Crippen molar-refractivity contribution in [2.75, 3.05) is 4.90 Å².